The van der Waals surface area contributed by atoms with Crippen molar-refractivity contribution in [2.24, 2.45) is 5.10 Å². The second-order valence-corrected chi connectivity index (χ2v) is 5.70. The minimum atomic E-state index is 0.995. The van der Waals surface area contributed by atoms with E-state index in [9.17, 15) is 0 Å². The zero-order chi connectivity index (χ0) is 16.3. The van der Waals surface area contributed by atoms with Crippen LogP contribution in [0.3, 0.4) is 0 Å². The average molecular weight is 309 g/mol. The van der Waals surface area contributed by atoms with Crippen LogP contribution in [0.1, 0.15) is 37.8 Å². The second kappa shape index (κ2) is 9.80. The maximum atomic E-state index is 4.27. The van der Waals surface area contributed by atoms with Crippen LogP contribution in [0, 0.1) is 0 Å². The van der Waals surface area contributed by atoms with Crippen LogP contribution in [0.4, 0.5) is 5.69 Å². The molecule has 1 N–H and O–H groups in total. The first kappa shape index (κ1) is 17.2. The maximum absolute atomic E-state index is 4.27. The van der Waals surface area contributed by atoms with Crippen molar-refractivity contribution in [3.63, 3.8) is 0 Å². The molecule has 23 heavy (non-hydrogen) atoms. The summed E-state index contributed by atoms with van der Waals surface area (Å²) in [5.74, 6) is 0. The summed E-state index contributed by atoms with van der Waals surface area (Å²) in [6.07, 6.45) is 4.37. The number of anilines is 1. The van der Waals surface area contributed by atoms with Gasteiger partial charge in [0.1, 0.15) is 0 Å². The molecular formula is C20H27N3. The van der Waals surface area contributed by atoms with Gasteiger partial charge in [0.05, 0.1) is 11.9 Å². The van der Waals surface area contributed by atoms with Gasteiger partial charge in [0.15, 0.2) is 0 Å². The molecule has 0 bridgehead atoms. The Morgan fingerprint density at radius 1 is 1.00 bits per heavy atom. The van der Waals surface area contributed by atoms with Gasteiger partial charge >= 0.3 is 0 Å². The highest BCUT2D eigenvalue weighted by molar-refractivity contribution is 5.80. The van der Waals surface area contributed by atoms with Gasteiger partial charge in [0.25, 0.3) is 0 Å². The summed E-state index contributed by atoms with van der Waals surface area (Å²) in [6, 6.07) is 18.6. The molecule has 3 heteroatoms. The number of hydrogen-bond acceptors (Lipinski definition) is 3. The number of hydrazone groups is 1. The van der Waals surface area contributed by atoms with Crippen molar-refractivity contribution in [1.82, 2.24) is 4.90 Å². The van der Waals surface area contributed by atoms with Gasteiger partial charge in [-0.15, -0.1) is 0 Å². The van der Waals surface area contributed by atoms with E-state index in [1.807, 2.05) is 36.5 Å². The van der Waals surface area contributed by atoms with Gasteiger partial charge in [-0.25, -0.2) is 0 Å². The molecule has 0 radical (unpaired) electrons. The van der Waals surface area contributed by atoms with Crippen LogP contribution in [0.15, 0.2) is 59.7 Å². The lowest BCUT2D eigenvalue weighted by molar-refractivity contribution is 0.275. The Labute approximate surface area is 140 Å². The van der Waals surface area contributed by atoms with Gasteiger partial charge in [-0.3, -0.25) is 10.3 Å². The Kier molecular flexibility index (Phi) is 7.34. The van der Waals surface area contributed by atoms with E-state index >= 15 is 0 Å². The lowest BCUT2D eigenvalue weighted by Crippen LogP contribution is -2.23. The molecule has 2 aromatic rings. The van der Waals surface area contributed by atoms with E-state index in [1.165, 1.54) is 24.9 Å². The van der Waals surface area contributed by atoms with Crippen molar-refractivity contribution in [3.8, 4) is 0 Å². The van der Waals surface area contributed by atoms with Crippen molar-refractivity contribution in [3.05, 3.63) is 65.7 Å². The molecule has 0 atom stereocenters. The molecule has 0 saturated carbocycles. The quantitative estimate of drug-likeness (QED) is 0.534. The third kappa shape index (κ3) is 6.25. The predicted molar refractivity (Wildman–Crippen MR) is 100.0 cm³/mol. The van der Waals surface area contributed by atoms with Gasteiger partial charge < -0.3 is 0 Å². The highest BCUT2D eigenvalue weighted by atomic mass is 15.3. The summed E-state index contributed by atoms with van der Waals surface area (Å²) < 4.78 is 0. The number of hydrogen-bond donors (Lipinski definition) is 1. The molecule has 0 amide bonds. The van der Waals surface area contributed by atoms with Gasteiger partial charge in [-0.1, -0.05) is 62.7 Å². The van der Waals surface area contributed by atoms with Crippen LogP contribution in [-0.4, -0.2) is 24.2 Å². The summed E-state index contributed by atoms with van der Waals surface area (Å²) in [5.41, 5.74) is 6.49. The summed E-state index contributed by atoms with van der Waals surface area (Å²) in [5, 5.41) is 4.27. The lowest BCUT2D eigenvalue weighted by Gasteiger charge is -2.20. The van der Waals surface area contributed by atoms with Crippen LogP contribution in [0.25, 0.3) is 0 Å². The van der Waals surface area contributed by atoms with E-state index in [0.29, 0.717) is 0 Å². The van der Waals surface area contributed by atoms with Crippen LogP contribution < -0.4 is 5.43 Å². The summed E-state index contributed by atoms with van der Waals surface area (Å²) >= 11 is 0. The first-order valence-corrected chi connectivity index (χ1v) is 8.47. The van der Waals surface area contributed by atoms with Crippen molar-refractivity contribution >= 4 is 11.9 Å². The Bertz CT molecular complexity index is 576. The minimum Gasteiger partial charge on any atom is -0.299 e. The number of nitrogens with zero attached hydrogens (tertiary/aromatic N) is 2. The van der Waals surface area contributed by atoms with Crippen molar-refractivity contribution < 1.29 is 0 Å². The topological polar surface area (TPSA) is 27.6 Å². The van der Waals surface area contributed by atoms with Crippen molar-refractivity contribution in [1.29, 1.82) is 0 Å². The third-order valence-electron chi connectivity index (χ3n) is 3.84. The highest BCUT2D eigenvalue weighted by Gasteiger charge is 2.02. The van der Waals surface area contributed by atoms with Crippen molar-refractivity contribution in [2.45, 2.75) is 33.2 Å². The molecule has 0 aliphatic rings. The zero-order valence-corrected chi connectivity index (χ0v) is 14.2. The van der Waals surface area contributed by atoms with Crippen molar-refractivity contribution in [2.75, 3.05) is 18.5 Å². The molecule has 0 heterocycles. The first-order chi connectivity index (χ1) is 11.3. The fraction of sp³-hybridized carbons (Fsp3) is 0.350. The van der Waals surface area contributed by atoms with Crippen LogP contribution >= 0.6 is 0 Å². The monoisotopic (exact) mass is 309 g/mol. The number of benzene rings is 2. The lowest BCUT2D eigenvalue weighted by atomic mass is 10.1. The third-order valence-corrected chi connectivity index (χ3v) is 3.84. The van der Waals surface area contributed by atoms with Crippen LogP contribution in [0.5, 0.6) is 0 Å². The van der Waals surface area contributed by atoms with E-state index in [4.69, 9.17) is 0 Å². The molecule has 2 rings (SSSR count). The molecule has 0 aliphatic heterocycles. The summed E-state index contributed by atoms with van der Waals surface area (Å²) in [6.45, 7) is 7.77. The van der Waals surface area contributed by atoms with Gasteiger partial charge in [-0.05, 0) is 42.8 Å². The molecular weight excluding hydrogens is 282 g/mol. The average Bonchev–Trinajstić information content (AvgIpc) is 2.61. The molecule has 0 aliphatic carbocycles. The molecule has 0 saturated heterocycles. The fourth-order valence-corrected chi connectivity index (χ4v) is 2.39. The number of nitrogens with one attached hydrogen (secondary N) is 1. The summed E-state index contributed by atoms with van der Waals surface area (Å²) in [4.78, 5) is 2.49. The van der Waals surface area contributed by atoms with Gasteiger partial charge in [-0.2, -0.15) is 5.10 Å². The molecule has 0 unspecified atom stereocenters. The zero-order valence-electron chi connectivity index (χ0n) is 14.2. The molecule has 0 fully saturated rings. The first-order valence-electron chi connectivity index (χ1n) is 8.47. The standard InChI is InChI=1S/C20H27N3/c1-3-5-15-23(4-2)17-19-13-11-18(12-14-19)16-21-22-20-9-7-6-8-10-20/h6-14,16,22H,3-5,15,17H2,1-2H3. The maximum Gasteiger partial charge on any atom is 0.0561 e. The van der Waals surface area contributed by atoms with Crippen LogP contribution in [-0.2, 0) is 6.54 Å². The molecule has 122 valence electrons. The SMILES string of the molecule is CCCCN(CC)Cc1ccc(C=NNc2ccccc2)cc1. The number of unbranched alkanes of at least 4 members (excludes halogenated alkanes) is 1. The van der Waals surface area contributed by atoms with E-state index in [1.54, 1.807) is 0 Å². The highest BCUT2D eigenvalue weighted by Crippen LogP contribution is 2.08. The normalized spacial score (nSPS) is 11.3. The minimum absolute atomic E-state index is 0.995. The molecule has 2 aromatic carbocycles. The Morgan fingerprint density at radius 3 is 2.39 bits per heavy atom. The van der Waals surface area contributed by atoms with Crippen LogP contribution in [0.2, 0.25) is 0 Å². The summed E-state index contributed by atoms with van der Waals surface area (Å²) in [7, 11) is 0. The number of rotatable bonds is 9. The largest absolute Gasteiger partial charge is 0.299 e. The Hall–Kier alpha value is -2.13. The predicted octanol–water partition coefficient (Wildman–Crippen LogP) is 4.75. The smallest absolute Gasteiger partial charge is 0.0561 e. The van der Waals surface area contributed by atoms with Gasteiger partial charge in [0.2, 0.25) is 0 Å². The molecule has 0 spiro atoms. The number of para-hydroxylation sites is 1. The Balaban J connectivity index is 1.86. The van der Waals surface area contributed by atoms with E-state index in [-0.39, 0.29) is 0 Å². The Morgan fingerprint density at radius 2 is 1.74 bits per heavy atom. The van der Waals surface area contributed by atoms with E-state index in [2.05, 4.69) is 53.5 Å². The van der Waals surface area contributed by atoms with Gasteiger partial charge in [0, 0.05) is 6.54 Å². The second-order valence-electron chi connectivity index (χ2n) is 5.70. The fourth-order valence-electron chi connectivity index (χ4n) is 2.39. The molecule has 3 nitrogen and oxygen atoms in total. The van der Waals surface area contributed by atoms with E-state index in [0.717, 1.165) is 24.3 Å². The van der Waals surface area contributed by atoms with E-state index < -0.39 is 0 Å². The molecule has 0 aromatic heterocycles.